The largest absolute Gasteiger partial charge is 0.420 e. The fourth-order valence-corrected chi connectivity index (χ4v) is 5.41. The van der Waals surface area contributed by atoms with Gasteiger partial charge in [0.2, 0.25) is 21.9 Å². The van der Waals surface area contributed by atoms with Crippen molar-refractivity contribution < 1.29 is 8.81 Å². The van der Waals surface area contributed by atoms with Crippen molar-refractivity contribution >= 4 is 21.4 Å². The SMILES string of the molecule is Cc1cn2nc(N3CCC4(CC3)C[C@H]4c3nnc(-c4cccc(F)c4)o3)sc2n1. The Morgan fingerprint density at radius 2 is 2.10 bits per heavy atom. The Kier molecular flexibility index (Phi) is 3.59. The molecular weight excluding hydrogens is 391 g/mol. The van der Waals surface area contributed by atoms with Crippen LogP contribution in [-0.4, -0.2) is 37.9 Å². The van der Waals surface area contributed by atoms with Crippen LogP contribution in [0.2, 0.25) is 0 Å². The summed E-state index contributed by atoms with van der Waals surface area (Å²) in [6.45, 7) is 3.92. The Hall–Kier alpha value is -2.81. The van der Waals surface area contributed by atoms with Gasteiger partial charge < -0.3 is 9.32 Å². The highest BCUT2D eigenvalue weighted by Gasteiger charge is 2.58. The van der Waals surface area contributed by atoms with Crippen LogP contribution in [0.3, 0.4) is 0 Å². The van der Waals surface area contributed by atoms with Gasteiger partial charge in [-0.3, -0.25) is 0 Å². The van der Waals surface area contributed by atoms with E-state index in [0.717, 1.165) is 48.1 Å². The van der Waals surface area contributed by atoms with Crippen LogP contribution in [0, 0.1) is 18.2 Å². The smallest absolute Gasteiger partial charge is 0.247 e. The van der Waals surface area contributed by atoms with Crippen LogP contribution in [0.25, 0.3) is 16.4 Å². The number of aryl methyl sites for hydroxylation is 1. The zero-order chi connectivity index (χ0) is 19.6. The molecule has 1 atom stereocenters. The number of fused-ring (bicyclic) bond motifs is 1. The number of anilines is 1. The lowest BCUT2D eigenvalue weighted by Crippen LogP contribution is -2.35. The van der Waals surface area contributed by atoms with E-state index in [-0.39, 0.29) is 11.2 Å². The zero-order valence-electron chi connectivity index (χ0n) is 15.9. The van der Waals surface area contributed by atoms with E-state index in [1.54, 1.807) is 23.5 Å². The van der Waals surface area contributed by atoms with E-state index in [2.05, 4.69) is 25.2 Å². The van der Waals surface area contributed by atoms with Gasteiger partial charge in [0.15, 0.2) is 0 Å². The molecule has 7 nitrogen and oxygen atoms in total. The van der Waals surface area contributed by atoms with Gasteiger partial charge in [-0.15, -0.1) is 15.3 Å². The first kappa shape index (κ1) is 17.1. The van der Waals surface area contributed by atoms with Gasteiger partial charge in [0.05, 0.1) is 11.9 Å². The zero-order valence-corrected chi connectivity index (χ0v) is 16.7. The third-order valence-electron chi connectivity index (χ3n) is 6.18. The predicted molar refractivity (Wildman–Crippen MR) is 107 cm³/mol. The lowest BCUT2D eigenvalue weighted by Gasteiger charge is -2.32. The summed E-state index contributed by atoms with van der Waals surface area (Å²) < 4.78 is 21.2. The van der Waals surface area contributed by atoms with Gasteiger partial charge in [0.25, 0.3) is 0 Å². The molecule has 1 saturated heterocycles. The van der Waals surface area contributed by atoms with E-state index < -0.39 is 0 Å². The van der Waals surface area contributed by atoms with E-state index in [4.69, 9.17) is 4.42 Å². The highest BCUT2D eigenvalue weighted by Crippen LogP contribution is 2.64. The van der Waals surface area contributed by atoms with Crippen LogP contribution >= 0.6 is 11.3 Å². The van der Waals surface area contributed by atoms with Crippen molar-refractivity contribution in [3.63, 3.8) is 0 Å². The van der Waals surface area contributed by atoms with E-state index in [1.807, 2.05) is 17.6 Å². The minimum atomic E-state index is -0.303. The molecule has 0 amide bonds. The molecule has 9 heteroatoms. The van der Waals surface area contributed by atoms with E-state index in [9.17, 15) is 4.39 Å². The van der Waals surface area contributed by atoms with Crippen molar-refractivity contribution in [2.24, 2.45) is 5.41 Å². The minimum absolute atomic E-state index is 0.246. The maximum absolute atomic E-state index is 13.5. The Morgan fingerprint density at radius 3 is 2.90 bits per heavy atom. The summed E-state index contributed by atoms with van der Waals surface area (Å²) in [6.07, 6.45) is 5.20. The lowest BCUT2D eigenvalue weighted by atomic mass is 9.91. The molecular formula is C20H19FN6OS. The standard InChI is InChI=1S/C20H19FN6OS/c1-12-11-27-18(22-12)29-19(25-27)26-7-5-20(6-8-26)10-15(20)17-24-23-16(28-17)13-3-2-4-14(21)9-13/h2-4,9,11,15H,5-8,10H2,1H3/t15-/m0/s1. The number of aromatic nitrogens is 5. The highest BCUT2D eigenvalue weighted by atomic mass is 32.1. The van der Waals surface area contributed by atoms with Gasteiger partial charge in [0.1, 0.15) is 5.82 Å². The van der Waals surface area contributed by atoms with E-state index in [1.165, 1.54) is 12.1 Å². The van der Waals surface area contributed by atoms with Crippen molar-refractivity contribution in [2.45, 2.75) is 32.1 Å². The number of imidazole rings is 1. The number of halogens is 1. The van der Waals surface area contributed by atoms with Crippen LogP contribution in [0.4, 0.5) is 9.52 Å². The Bertz CT molecular complexity index is 1170. The van der Waals surface area contributed by atoms with Crippen molar-refractivity contribution in [3.05, 3.63) is 47.9 Å². The van der Waals surface area contributed by atoms with Gasteiger partial charge >= 0.3 is 0 Å². The fourth-order valence-electron chi connectivity index (χ4n) is 4.43. The number of nitrogens with zero attached hydrogens (tertiary/aromatic N) is 6. The summed E-state index contributed by atoms with van der Waals surface area (Å²) in [5.74, 6) is 1.07. The Balaban J connectivity index is 1.15. The minimum Gasteiger partial charge on any atom is -0.420 e. The fraction of sp³-hybridized carbons (Fsp3) is 0.400. The van der Waals surface area contributed by atoms with Crippen LogP contribution in [0.1, 0.15) is 36.8 Å². The van der Waals surface area contributed by atoms with Gasteiger partial charge in [-0.2, -0.15) is 0 Å². The first-order chi connectivity index (χ1) is 14.1. The van der Waals surface area contributed by atoms with Crippen LogP contribution in [0.5, 0.6) is 0 Å². The Morgan fingerprint density at radius 1 is 1.24 bits per heavy atom. The van der Waals surface area contributed by atoms with E-state index in [0.29, 0.717) is 23.3 Å². The average molecular weight is 410 g/mol. The molecule has 4 heterocycles. The van der Waals surface area contributed by atoms with Crippen LogP contribution in [0.15, 0.2) is 34.9 Å². The quantitative estimate of drug-likeness (QED) is 0.507. The maximum atomic E-state index is 13.5. The molecule has 0 N–H and O–H groups in total. The molecule has 0 bridgehead atoms. The molecule has 2 aliphatic rings. The first-order valence-corrected chi connectivity index (χ1v) is 10.6. The molecule has 148 valence electrons. The lowest BCUT2D eigenvalue weighted by molar-refractivity contribution is 0.352. The second-order valence-corrected chi connectivity index (χ2v) is 8.99. The molecule has 1 saturated carbocycles. The molecule has 4 aromatic rings. The summed E-state index contributed by atoms with van der Waals surface area (Å²) in [5, 5.41) is 14.1. The highest BCUT2D eigenvalue weighted by molar-refractivity contribution is 7.20. The van der Waals surface area contributed by atoms with Gasteiger partial charge in [-0.05, 0) is 49.8 Å². The van der Waals surface area contributed by atoms with Gasteiger partial charge in [-0.25, -0.2) is 13.9 Å². The van der Waals surface area contributed by atoms with Crippen LogP contribution in [-0.2, 0) is 0 Å². The molecule has 2 fully saturated rings. The number of hydrogen-bond donors (Lipinski definition) is 0. The molecule has 1 aromatic carbocycles. The molecule has 29 heavy (non-hydrogen) atoms. The summed E-state index contributed by atoms with van der Waals surface area (Å²) in [7, 11) is 0. The maximum Gasteiger partial charge on any atom is 0.247 e. The van der Waals surface area contributed by atoms with Crippen LogP contribution < -0.4 is 4.90 Å². The second-order valence-electron chi connectivity index (χ2n) is 8.06. The molecule has 1 spiro atoms. The normalized spacial score (nSPS) is 20.6. The molecule has 1 aliphatic heterocycles. The molecule has 0 radical (unpaired) electrons. The van der Waals surface area contributed by atoms with Crippen molar-refractivity contribution in [1.82, 2.24) is 24.8 Å². The van der Waals surface area contributed by atoms with E-state index >= 15 is 0 Å². The van der Waals surface area contributed by atoms with Crippen molar-refractivity contribution in [2.75, 3.05) is 18.0 Å². The van der Waals surface area contributed by atoms with Gasteiger partial charge in [0, 0.05) is 24.6 Å². The first-order valence-electron chi connectivity index (χ1n) is 9.77. The number of rotatable bonds is 3. The third-order valence-corrected chi connectivity index (χ3v) is 7.17. The Labute approximate surface area is 170 Å². The number of benzene rings is 1. The molecule has 6 rings (SSSR count). The molecule has 3 aromatic heterocycles. The molecule has 1 aliphatic carbocycles. The molecule has 0 unspecified atom stereocenters. The summed E-state index contributed by atoms with van der Waals surface area (Å²) in [6, 6.07) is 6.27. The summed E-state index contributed by atoms with van der Waals surface area (Å²) in [5.41, 5.74) is 1.86. The summed E-state index contributed by atoms with van der Waals surface area (Å²) >= 11 is 1.64. The number of hydrogen-bond acceptors (Lipinski definition) is 7. The van der Waals surface area contributed by atoms with Crippen molar-refractivity contribution in [3.8, 4) is 11.5 Å². The summed E-state index contributed by atoms with van der Waals surface area (Å²) in [4.78, 5) is 7.79. The van der Waals surface area contributed by atoms with Crippen molar-refractivity contribution in [1.29, 1.82) is 0 Å². The third kappa shape index (κ3) is 2.83. The predicted octanol–water partition coefficient (Wildman–Crippen LogP) is 4.06. The monoisotopic (exact) mass is 410 g/mol. The average Bonchev–Trinajstić information content (AvgIpc) is 3.08. The van der Waals surface area contributed by atoms with Gasteiger partial charge in [-0.1, -0.05) is 17.4 Å². The topological polar surface area (TPSA) is 72.3 Å². The second kappa shape index (κ2) is 6.09. The number of piperidine rings is 1.